The second-order valence-electron chi connectivity index (χ2n) is 7.44. The van der Waals surface area contributed by atoms with Crippen LogP contribution in [0.2, 0.25) is 0 Å². The molecular weight excluding hydrogens is 372 g/mol. The molecule has 0 aliphatic carbocycles. The first-order valence-electron chi connectivity index (χ1n) is 9.79. The largest absolute Gasteiger partial charge is 0.336 e. The molecule has 0 spiro atoms. The van der Waals surface area contributed by atoms with Gasteiger partial charge in [0.05, 0.1) is 4.90 Å². The van der Waals surface area contributed by atoms with Gasteiger partial charge in [-0.2, -0.15) is 4.31 Å². The normalized spacial score (nSPS) is 16.8. The van der Waals surface area contributed by atoms with Crippen LogP contribution in [0, 0.1) is 6.92 Å². The van der Waals surface area contributed by atoms with E-state index in [2.05, 4.69) is 13.8 Å². The number of amides is 1. The van der Waals surface area contributed by atoms with Crippen molar-refractivity contribution < 1.29 is 13.2 Å². The Morgan fingerprint density at radius 2 is 1.68 bits per heavy atom. The fraction of sp³-hybridized carbons (Fsp3) is 0.409. The summed E-state index contributed by atoms with van der Waals surface area (Å²) in [6.07, 6.45) is 1.02. The number of sulfonamides is 1. The summed E-state index contributed by atoms with van der Waals surface area (Å²) in [5.74, 6) is 0.367. The van der Waals surface area contributed by atoms with Crippen molar-refractivity contribution in [1.29, 1.82) is 0 Å². The van der Waals surface area contributed by atoms with Crippen molar-refractivity contribution in [2.75, 3.05) is 26.2 Å². The summed E-state index contributed by atoms with van der Waals surface area (Å²) in [4.78, 5) is 14.7. The Morgan fingerprint density at radius 1 is 1.04 bits per heavy atom. The molecule has 1 aliphatic rings. The van der Waals surface area contributed by atoms with Crippen LogP contribution in [0.3, 0.4) is 0 Å². The van der Waals surface area contributed by atoms with Crippen molar-refractivity contribution in [3.63, 3.8) is 0 Å². The molecule has 0 unspecified atom stereocenters. The number of carbonyl (C=O) groups excluding carboxylic acids is 1. The predicted octanol–water partition coefficient (Wildman–Crippen LogP) is 3.66. The van der Waals surface area contributed by atoms with E-state index in [1.807, 2.05) is 37.3 Å². The fourth-order valence-electron chi connectivity index (χ4n) is 3.45. The van der Waals surface area contributed by atoms with Crippen molar-refractivity contribution in [3.05, 3.63) is 65.2 Å². The SMILES string of the molecule is CC[C@H](C)c1ccc(S(=O)(=O)N2CCN(C(=O)c3cccc(C)c3)CC2)cc1. The maximum Gasteiger partial charge on any atom is 0.253 e. The van der Waals surface area contributed by atoms with E-state index in [0.29, 0.717) is 42.6 Å². The minimum atomic E-state index is -3.54. The number of rotatable bonds is 5. The highest BCUT2D eigenvalue weighted by Crippen LogP contribution is 2.23. The van der Waals surface area contributed by atoms with Gasteiger partial charge in [0.1, 0.15) is 0 Å². The molecule has 0 radical (unpaired) electrons. The van der Waals surface area contributed by atoms with Gasteiger partial charge in [0.25, 0.3) is 5.91 Å². The number of hydrogen-bond acceptors (Lipinski definition) is 3. The molecule has 2 aromatic rings. The fourth-order valence-corrected chi connectivity index (χ4v) is 4.87. The molecule has 0 bridgehead atoms. The first-order valence-corrected chi connectivity index (χ1v) is 11.2. The lowest BCUT2D eigenvalue weighted by molar-refractivity contribution is 0.0698. The molecule has 0 N–H and O–H groups in total. The van der Waals surface area contributed by atoms with Gasteiger partial charge in [-0.25, -0.2) is 8.42 Å². The minimum Gasteiger partial charge on any atom is -0.336 e. The van der Waals surface area contributed by atoms with E-state index in [1.54, 1.807) is 23.1 Å². The zero-order chi connectivity index (χ0) is 20.3. The minimum absolute atomic E-state index is 0.0429. The van der Waals surface area contributed by atoms with Crippen LogP contribution in [0.25, 0.3) is 0 Å². The highest BCUT2D eigenvalue weighted by molar-refractivity contribution is 7.89. The first-order chi connectivity index (χ1) is 13.3. The molecule has 2 aromatic carbocycles. The summed E-state index contributed by atoms with van der Waals surface area (Å²) in [7, 11) is -3.54. The Kier molecular flexibility index (Phi) is 6.20. The van der Waals surface area contributed by atoms with Gasteiger partial charge in [-0.3, -0.25) is 4.79 Å². The van der Waals surface area contributed by atoms with Crippen LogP contribution in [0.5, 0.6) is 0 Å². The number of nitrogens with zero attached hydrogens (tertiary/aromatic N) is 2. The number of benzene rings is 2. The zero-order valence-corrected chi connectivity index (χ0v) is 17.6. The van der Waals surface area contributed by atoms with Crippen LogP contribution < -0.4 is 0 Å². The average Bonchev–Trinajstić information content (AvgIpc) is 2.72. The maximum absolute atomic E-state index is 13.0. The Bertz CT molecular complexity index is 931. The second-order valence-corrected chi connectivity index (χ2v) is 9.38. The van der Waals surface area contributed by atoms with Crippen LogP contribution in [0.1, 0.15) is 47.7 Å². The number of aryl methyl sites for hydroxylation is 1. The standard InChI is InChI=1S/C22H28N2O3S/c1-4-18(3)19-8-10-21(11-9-19)28(26,27)24-14-12-23(13-15-24)22(25)20-7-5-6-17(2)16-20/h5-11,16,18H,4,12-15H2,1-3H3/t18-/m0/s1. The Labute approximate surface area is 168 Å². The Morgan fingerprint density at radius 3 is 2.25 bits per heavy atom. The summed E-state index contributed by atoms with van der Waals surface area (Å²) < 4.78 is 27.4. The number of carbonyl (C=O) groups is 1. The van der Waals surface area contributed by atoms with E-state index in [1.165, 1.54) is 4.31 Å². The summed E-state index contributed by atoms with van der Waals surface area (Å²) >= 11 is 0. The molecule has 1 amide bonds. The molecular formula is C22H28N2O3S. The monoisotopic (exact) mass is 400 g/mol. The van der Waals surface area contributed by atoms with E-state index in [0.717, 1.165) is 17.5 Å². The van der Waals surface area contributed by atoms with Gasteiger partial charge in [-0.1, -0.05) is 43.7 Å². The summed E-state index contributed by atoms with van der Waals surface area (Å²) in [6.45, 7) is 7.63. The van der Waals surface area contributed by atoms with E-state index in [-0.39, 0.29) is 5.91 Å². The number of hydrogen-bond donors (Lipinski definition) is 0. The third-order valence-electron chi connectivity index (χ3n) is 5.49. The molecule has 1 heterocycles. The topological polar surface area (TPSA) is 57.7 Å². The molecule has 0 aromatic heterocycles. The quantitative estimate of drug-likeness (QED) is 0.770. The molecule has 5 nitrogen and oxygen atoms in total. The second kappa shape index (κ2) is 8.45. The highest BCUT2D eigenvalue weighted by Gasteiger charge is 2.30. The molecule has 3 rings (SSSR count). The molecule has 1 atom stereocenters. The highest BCUT2D eigenvalue weighted by atomic mass is 32.2. The van der Waals surface area contributed by atoms with E-state index in [9.17, 15) is 13.2 Å². The third kappa shape index (κ3) is 4.28. The molecule has 6 heteroatoms. The zero-order valence-electron chi connectivity index (χ0n) is 16.8. The van der Waals surface area contributed by atoms with Crippen LogP contribution in [-0.2, 0) is 10.0 Å². The predicted molar refractivity (Wildman–Crippen MR) is 111 cm³/mol. The lowest BCUT2D eigenvalue weighted by Crippen LogP contribution is -2.50. The molecule has 0 saturated carbocycles. The summed E-state index contributed by atoms with van der Waals surface area (Å²) in [5, 5.41) is 0. The Balaban J connectivity index is 1.67. The smallest absolute Gasteiger partial charge is 0.253 e. The van der Waals surface area contributed by atoms with Crippen LogP contribution in [-0.4, -0.2) is 49.7 Å². The van der Waals surface area contributed by atoms with Crippen LogP contribution in [0.15, 0.2) is 53.4 Å². The molecule has 1 aliphatic heterocycles. The van der Waals surface area contributed by atoms with Gasteiger partial charge in [0.15, 0.2) is 0 Å². The number of piperazine rings is 1. The third-order valence-corrected chi connectivity index (χ3v) is 7.40. The van der Waals surface area contributed by atoms with Gasteiger partial charge in [0, 0.05) is 31.7 Å². The van der Waals surface area contributed by atoms with Gasteiger partial charge >= 0.3 is 0 Å². The molecule has 1 fully saturated rings. The van der Waals surface area contributed by atoms with Crippen molar-refractivity contribution in [3.8, 4) is 0 Å². The van der Waals surface area contributed by atoms with E-state index < -0.39 is 10.0 Å². The lowest BCUT2D eigenvalue weighted by atomic mass is 9.99. The van der Waals surface area contributed by atoms with Gasteiger partial charge in [-0.15, -0.1) is 0 Å². The molecule has 150 valence electrons. The van der Waals surface area contributed by atoms with Crippen LogP contribution in [0.4, 0.5) is 0 Å². The summed E-state index contributed by atoms with van der Waals surface area (Å²) in [6, 6.07) is 14.7. The van der Waals surface area contributed by atoms with Gasteiger partial charge < -0.3 is 4.90 Å². The first kappa shape index (κ1) is 20.6. The molecule has 1 saturated heterocycles. The van der Waals surface area contributed by atoms with Gasteiger partial charge in [-0.05, 0) is 49.1 Å². The van der Waals surface area contributed by atoms with Crippen molar-refractivity contribution in [2.45, 2.75) is 38.0 Å². The van der Waals surface area contributed by atoms with Gasteiger partial charge in [0.2, 0.25) is 10.0 Å². The lowest BCUT2D eigenvalue weighted by Gasteiger charge is -2.34. The van der Waals surface area contributed by atoms with Crippen molar-refractivity contribution >= 4 is 15.9 Å². The molecule has 28 heavy (non-hydrogen) atoms. The maximum atomic E-state index is 13.0. The Hall–Kier alpha value is -2.18. The average molecular weight is 401 g/mol. The summed E-state index contributed by atoms with van der Waals surface area (Å²) in [5.41, 5.74) is 2.83. The van der Waals surface area contributed by atoms with E-state index >= 15 is 0 Å². The van der Waals surface area contributed by atoms with Crippen LogP contribution >= 0.6 is 0 Å². The van der Waals surface area contributed by atoms with E-state index in [4.69, 9.17) is 0 Å². The van der Waals surface area contributed by atoms with Crippen molar-refractivity contribution in [1.82, 2.24) is 9.21 Å². The van der Waals surface area contributed by atoms with Crippen molar-refractivity contribution in [2.24, 2.45) is 0 Å².